The monoisotopic (exact) mass is 228 g/mol. The summed E-state index contributed by atoms with van der Waals surface area (Å²) in [6.45, 7) is 0. The first-order chi connectivity index (χ1) is 8.28. The van der Waals surface area contributed by atoms with Gasteiger partial charge in [0.1, 0.15) is 5.75 Å². The van der Waals surface area contributed by atoms with Crippen LogP contribution in [0.1, 0.15) is 24.5 Å². The summed E-state index contributed by atoms with van der Waals surface area (Å²) in [6.07, 6.45) is 3.97. The zero-order valence-electron chi connectivity index (χ0n) is 9.89. The van der Waals surface area contributed by atoms with Crippen LogP contribution in [0.25, 0.3) is 10.8 Å². The Morgan fingerprint density at radius 3 is 2.82 bits per heavy atom. The Morgan fingerprint density at radius 1 is 1.29 bits per heavy atom. The molecule has 0 unspecified atom stereocenters. The first-order valence-corrected chi connectivity index (χ1v) is 5.96. The van der Waals surface area contributed by atoms with Crippen molar-refractivity contribution in [1.29, 1.82) is 0 Å². The maximum absolute atomic E-state index is 5.85. The van der Waals surface area contributed by atoms with Crippen molar-refractivity contribution in [3.8, 4) is 5.75 Å². The third-order valence-electron chi connectivity index (χ3n) is 3.57. The average molecular weight is 228 g/mol. The summed E-state index contributed by atoms with van der Waals surface area (Å²) >= 11 is 0. The molecule has 0 atom stereocenters. The molecule has 0 saturated heterocycles. The number of pyridine rings is 1. The molecule has 1 aromatic carbocycles. The Bertz CT molecular complexity index is 547. The van der Waals surface area contributed by atoms with Gasteiger partial charge in [0.05, 0.1) is 12.8 Å². The fourth-order valence-corrected chi connectivity index (χ4v) is 2.51. The molecule has 0 aliphatic heterocycles. The zero-order chi connectivity index (χ0) is 11.8. The molecule has 3 rings (SSSR count). The molecule has 0 radical (unpaired) electrons. The van der Waals surface area contributed by atoms with Crippen LogP contribution in [0.15, 0.2) is 30.5 Å². The van der Waals surface area contributed by atoms with Crippen molar-refractivity contribution >= 4 is 10.8 Å². The van der Waals surface area contributed by atoms with E-state index in [1.165, 1.54) is 16.5 Å². The van der Waals surface area contributed by atoms with Gasteiger partial charge in [-0.1, -0.05) is 6.07 Å². The molecule has 0 amide bonds. The van der Waals surface area contributed by atoms with E-state index in [9.17, 15) is 0 Å². The second-order valence-corrected chi connectivity index (χ2v) is 4.71. The predicted molar refractivity (Wildman–Crippen MR) is 68.2 cm³/mol. The minimum absolute atomic E-state index is 0.350. The van der Waals surface area contributed by atoms with Gasteiger partial charge in [0.15, 0.2) is 0 Å². The zero-order valence-corrected chi connectivity index (χ0v) is 9.89. The number of hydrogen-bond donors (Lipinski definition) is 1. The smallest absolute Gasteiger partial charge is 0.119 e. The predicted octanol–water partition coefficient (Wildman–Crippen LogP) is 2.45. The molecule has 1 saturated carbocycles. The lowest BCUT2D eigenvalue weighted by Crippen LogP contribution is -2.35. The molecule has 1 fully saturated rings. The first-order valence-electron chi connectivity index (χ1n) is 5.96. The maximum Gasteiger partial charge on any atom is 0.119 e. The van der Waals surface area contributed by atoms with Crippen molar-refractivity contribution in [2.75, 3.05) is 7.11 Å². The Hall–Kier alpha value is -1.61. The van der Waals surface area contributed by atoms with E-state index in [0.29, 0.717) is 12.0 Å². The molecule has 3 nitrogen and oxygen atoms in total. The van der Waals surface area contributed by atoms with Crippen LogP contribution in [0, 0.1) is 0 Å². The van der Waals surface area contributed by atoms with Gasteiger partial charge < -0.3 is 10.5 Å². The molecule has 88 valence electrons. The van der Waals surface area contributed by atoms with Gasteiger partial charge in [-0.05, 0) is 36.4 Å². The lowest BCUT2D eigenvalue weighted by atomic mass is 9.77. The lowest BCUT2D eigenvalue weighted by Gasteiger charge is -2.32. The summed E-state index contributed by atoms with van der Waals surface area (Å²) in [5.74, 6) is 1.40. The number of fused-ring (bicyclic) bond motifs is 1. The number of rotatable bonds is 2. The Morgan fingerprint density at radius 2 is 2.12 bits per heavy atom. The highest BCUT2D eigenvalue weighted by molar-refractivity contribution is 5.86. The Labute approximate surface area is 101 Å². The summed E-state index contributed by atoms with van der Waals surface area (Å²) in [4.78, 5) is 4.53. The van der Waals surface area contributed by atoms with Gasteiger partial charge in [0.2, 0.25) is 0 Å². The van der Waals surface area contributed by atoms with Crippen LogP contribution in [0.5, 0.6) is 5.75 Å². The minimum atomic E-state index is 0.350. The number of aromatic nitrogens is 1. The number of nitrogens with two attached hydrogens (primary N) is 1. The Balaban J connectivity index is 2.10. The molecule has 3 heteroatoms. The van der Waals surface area contributed by atoms with Crippen molar-refractivity contribution in [2.24, 2.45) is 5.73 Å². The molecule has 2 aromatic rings. The second kappa shape index (κ2) is 4.00. The van der Waals surface area contributed by atoms with Gasteiger partial charge in [-0.25, -0.2) is 0 Å². The van der Waals surface area contributed by atoms with Crippen molar-refractivity contribution in [3.05, 3.63) is 36.2 Å². The third-order valence-corrected chi connectivity index (χ3v) is 3.57. The number of methoxy groups -OCH3 is 1. The highest BCUT2D eigenvalue weighted by Crippen LogP contribution is 2.38. The van der Waals surface area contributed by atoms with Crippen LogP contribution >= 0.6 is 0 Å². The number of hydrogen-bond acceptors (Lipinski definition) is 3. The van der Waals surface area contributed by atoms with Crippen LogP contribution in [0.3, 0.4) is 0 Å². The van der Waals surface area contributed by atoms with Crippen LogP contribution in [0.4, 0.5) is 0 Å². The molecule has 2 N–H and O–H groups in total. The van der Waals surface area contributed by atoms with E-state index < -0.39 is 0 Å². The van der Waals surface area contributed by atoms with Crippen molar-refractivity contribution in [2.45, 2.75) is 24.8 Å². The lowest BCUT2D eigenvalue weighted by molar-refractivity contribution is 0.347. The van der Waals surface area contributed by atoms with Gasteiger partial charge in [-0.15, -0.1) is 0 Å². The van der Waals surface area contributed by atoms with Crippen LogP contribution in [-0.4, -0.2) is 18.1 Å². The van der Waals surface area contributed by atoms with E-state index in [1.807, 2.05) is 18.3 Å². The maximum atomic E-state index is 5.85. The van der Waals surface area contributed by atoms with E-state index in [1.54, 1.807) is 7.11 Å². The fraction of sp³-hybridized carbons (Fsp3) is 0.357. The van der Waals surface area contributed by atoms with E-state index in [2.05, 4.69) is 17.1 Å². The summed E-state index contributed by atoms with van der Waals surface area (Å²) in [6, 6.07) is 8.53. The van der Waals surface area contributed by atoms with Gasteiger partial charge >= 0.3 is 0 Å². The van der Waals surface area contributed by atoms with Gasteiger partial charge in [-0.3, -0.25) is 4.98 Å². The number of nitrogens with zero attached hydrogens (tertiary/aromatic N) is 1. The van der Waals surface area contributed by atoms with Gasteiger partial charge in [0, 0.05) is 23.5 Å². The number of benzene rings is 1. The fourth-order valence-electron chi connectivity index (χ4n) is 2.51. The second-order valence-electron chi connectivity index (χ2n) is 4.71. The molecular formula is C14H16N2O. The summed E-state index contributed by atoms with van der Waals surface area (Å²) in [7, 11) is 1.69. The molecule has 1 aromatic heterocycles. The number of ether oxygens (including phenoxy) is 1. The minimum Gasteiger partial charge on any atom is -0.497 e. The standard InChI is InChI=1S/C14H16N2O/c1-17-12-3-2-9-4-5-16-14(13(9)8-12)10-6-11(15)7-10/h2-5,8,10-11H,6-7,15H2,1H3. The van der Waals surface area contributed by atoms with Crippen molar-refractivity contribution in [1.82, 2.24) is 4.98 Å². The highest BCUT2D eigenvalue weighted by Gasteiger charge is 2.29. The van der Waals surface area contributed by atoms with E-state index in [4.69, 9.17) is 10.5 Å². The topological polar surface area (TPSA) is 48.1 Å². The van der Waals surface area contributed by atoms with E-state index >= 15 is 0 Å². The van der Waals surface area contributed by atoms with E-state index in [-0.39, 0.29) is 0 Å². The van der Waals surface area contributed by atoms with Crippen molar-refractivity contribution in [3.63, 3.8) is 0 Å². The van der Waals surface area contributed by atoms with Crippen LogP contribution in [-0.2, 0) is 0 Å². The van der Waals surface area contributed by atoms with E-state index in [0.717, 1.165) is 18.6 Å². The highest BCUT2D eigenvalue weighted by atomic mass is 16.5. The molecule has 1 heterocycles. The Kier molecular flexibility index (Phi) is 2.48. The third kappa shape index (κ3) is 1.76. The summed E-state index contributed by atoms with van der Waals surface area (Å²) < 4.78 is 5.28. The summed E-state index contributed by atoms with van der Waals surface area (Å²) in [5, 5.41) is 2.42. The van der Waals surface area contributed by atoms with Gasteiger partial charge in [0.25, 0.3) is 0 Å². The largest absolute Gasteiger partial charge is 0.497 e. The normalized spacial score (nSPS) is 23.4. The van der Waals surface area contributed by atoms with Crippen LogP contribution < -0.4 is 10.5 Å². The first kappa shape index (κ1) is 10.5. The quantitative estimate of drug-likeness (QED) is 0.858. The molecule has 1 aliphatic rings. The van der Waals surface area contributed by atoms with Crippen LogP contribution in [0.2, 0.25) is 0 Å². The molecule has 1 aliphatic carbocycles. The molecule has 0 bridgehead atoms. The summed E-state index contributed by atoms with van der Waals surface area (Å²) in [5.41, 5.74) is 7.02. The SMILES string of the molecule is COc1ccc2ccnc(C3CC(N)C3)c2c1. The molecule has 0 spiro atoms. The molecular weight excluding hydrogens is 212 g/mol. The average Bonchev–Trinajstić information content (AvgIpc) is 2.34. The van der Waals surface area contributed by atoms with Crippen molar-refractivity contribution < 1.29 is 4.74 Å². The van der Waals surface area contributed by atoms with Gasteiger partial charge in [-0.2, -0.15) is 0 Å². The molecule has 17 heavy (non-hydrogen) atoms.